The molecule has 18 heavy (non-hydrogen) atoms. The number of nitrogens with zero attached hydrogens (tertiary/aromatic N) is 2. The molecule has 0 aliphatic heterocycles. The molecule has 0 saturated carbocycles. The van der Waals surface area contributed by atoms with Gasteiger partial charge in [0, 0.05) is 20.1 Å². The second-order valence-corrected chi connectivity index (χ2v) is 6.04. The fourth-order valence-electron chi connectivity index (χ4n) is 1.30. The number of hydrogen-bond donors (Lipinski definition) is 3. The van der Waals surface area contributed by atoms with Crippen LogP contribution < -0.4 is 10.5 Å². The van der Waals surface area contributed by atoms with Crippen molar-refractivity contribution in [1.29, 1.82) is 0 Å². The first-order chi connectivity index (χ1) is 8.20. The lowest BCUT2D eigenvalue weighted by molar-refractivity contribution is -0.138. The van der Waals surface area contributed by atoms with E-state index in [1.165, 1.54) is 7.05 Å². The van der Waals surface area contributed by atoms with Gasteiger partial charge in [-0.25, -0.2) is 4.72 Å². The maximum absolute atomic E-state index is 11.7. The second-order valence-electron chi connectivity index (χ2n) is 4.17. The second kappa shape index (κ2) is 7.64. The molecule has 0 aliphatic carbocycles. The van der Waals surface area contributed by atoms with Crippen molar-refractivity contribution < 1.29 is 18.3 Å². The van der Waals surface area contributed by atoms with Crippen molar-refractivity contribution in [1.82, 2.24) is 13.9 Å². The number of carboxylic acid groups (broad SMARTS) is 1. The van der Waals surface area contributed by atoms with Crippen LogP contribution in [0, 0.1) is 0 Å². The first-order valence-electron chi connectivity index (χ1n) is 5.52. The van der Waals surface area contributed by atoms with Gasteiger partial charge in [0.2, 0.25) is 0 Å². The van der Waals surface area contributed by atoms with Crippen LogP contribution in [0.3, 0.4) is 0 Å². The quantitative estimate of drug-likeness (QED) is 0.455. The molecule has 9 heteroatoms. The Morgan fingerprint density at radius 2 is 1.94 bits per heavy atom. The highest BCUT2D eigenvalue weighted by Crippen LogP contribution is 2.01. The summed E-state index contributed by atoms with van der Waals surface area (Å²) in [7, 11) is 1.36. The predicted molar refractivity (Wildman–Crippen MR) is 68.3 cm³/mol. The molecule has 0 bridgehead atoms. The van der Waals surface area contributed by atoms with E-state index in [-0.39, 0.29) is 13.1 Å². The summed E-state index contributed by atoms with van der Waals surface area (Å²) in [5.74, 6) is -1.22. The van der Waals surface area contributed by atoms with Crippen molar-refractivity contribution >= 4 is 16.2 Å². The van der Waals surface area contributed by atoms with Crippen molar-refractivity contribution in [2.75, 3.05) is 40.8 Å². The van der Waals surface area contributed by atoms with E-state index in [0.29, 0.717) is 13.0 Å². The van der Waals surface area contributed by atoms with Gasteiger partial charge in [0.15, 0.2) is 0 Å². The standard InChI is InChI=1S/C9H22N4O4S/c1-11-18(16,17)13(6-4-5-12(2)3)7-8(10)9(14)15/h8,11H,4-7,10H2,1-3H3,(H,14,15)/t8-/m0/s1. The summed E-state index contributed by atoms with van der Waals surface area (Å²) >= 11 is 0. The van der Waals surface area contributed by atoms with Gasteiger partial charge in [0.25, 0.3) is 10.2 Å². The van der Waals surface area contributed by atoms with Crippen LogP contribution in [0.1, 0.15) is 6.42 Å². The van der Waals surface area contributed by atoms with Crippen LogP contribution in [0.2, 0.25) is 0 Å². The van der Waals surface area contributed by atoms with Gasteiger partial charge in [-0.2, -0.15) is 12.7 Å². The third-order valence-corrected chi connectivity index (χ3v) is 3.86. The Balaban J connectivity index is 4.59. The topological polar surface area (TPSA) is 116 Å². The number of rotatable bonds is 9. The van der Waals surface area contributed by atoms with Gasteiger partial charge in [0.05, 0.1) is 0 Å². The number of aliphatic carboxylic acids is 1. The monoisotopic (exact) mass is 282 g/mol. The summed E-state index contributed by atoms with van der Waals surface area (Å²) < 4.78 is 26.6. The van der Waals surface area contributed by atoms with Crippen LogP contribution in [0.4, 0.5) is 0 Å². The predicted octanol–water partition coefficient (Wildman–Crippen LogP) is -1.88. The number of hydrogen-bond acceptors (Lipinski definition) is 5. The zero-order chi connectivity index (χ0) is 14.3. The van der Waals surface area contributed by atoms with E-state index in [2.05, 4.69) is 4.72 Å². The zero-order valence-corrected chi connectivity index (χ0v) is 11.8. The van der Waals surface area contributed by atoms with E-state index >= 15 is 0 Å². The molecule has 0 fully saturated rings. The van der Waals surface area contributed by atoms with Gasteiger partial charge >= 0.3 is 5.97 Å². The Bertz CT molecular complexity index is 358. The smallest absolute Gasteiger partial charge is 0.321 e. The van der Waals surface area contributed by atoms with Gasteiger partial charge in [-0.1, -0.05) is 0 Å². The first kappa shape index (κ1) is 17.3. The molecule has 0 aromatic carbocycles. The lowest BCUT2D eigenvalue weighted by atomic mass is 10.3. The average Bonchev–Trinajstić information content (AvgIpc) is 2.26. The highest BCUT2D eigenvalue weighted by atomic mass is 32.2. The van der Waals surface area contributed by atoms with Gasteiger partial charge in [-0.3, -0.25) is 4.79 Å². The molecule has 0 aromatic rings. The molecule has 0 saturated heterocycles. The molecule has 108 valence electrons. The van der Waals surface area contributed by atoms with Crippen molar-refractivity contribution in [3.63, 3.8) is 0 Å². The first-order valence-corrected chi connectivity index (χ1v) is 6.96. The van der Waals surface area contributed by atoms with E-state index in [9.17, 15) is 13.2 Å². The van der Waals surface area contributed by atoms with Crippen LogP contribution in [-0.2, 0) is 15.0 Å². The summed E-state index contributed by atoms with van der Waals surface area (Å²) in [5.41, 5.74) is 5.36. The van der Waals surface area contributed by atoms with Crippen molar-refractivity contribution in [3.05, 3.63) is 0 Å². The average molecular weight is 282 g/mol. The lowest BCUT2D eigenvalue weighted by Gasteiger charge is -2.23. The third kappa shape index (κ3) is 6.26. The summed E-state index contributed by atoms with van der Waals surface area (Å²) in [6, 6.07) is -1.23. The Hall–Kier alpha value is -0.740. The fourth-order valence-corrected chi connectivity index (χ4v) is 2.28. The highest BCUT2D eigenvalue weighted by molar-refractivity contribution is 7.87. The van der Waals surface area contributed by atoms with Crippen molar-refractivity contribution in [2.45, 2.75) is 12.5 Å². The fraction of sp³-hybridized carbons (Fsp3) is 0.889. The third-order valence-electron chi connectivity index (χ3n) is 2.33. The highest BCUT2D eigenvalue weighted by Gasteiger charge is 2.25. The molecule has 0 unspecified atom stereocenters. The molecule has 0 amide bonds. The van der Waals surface area contributed by atoms with Crippen LogP contribution >= 0.6 is 0 Å². The van der Waals surface area contributed by atoms with E-state index < -0.39 is 22.2 Å². The molecule has 0 aliphatic rings. The van der Waals surface area contributed by atoms with Crippen molar-refractivity contribution in [2.24, 2.45) is 5.73 Å². The van der Waals surface area contributed by atoms with Crippen LogP contribution in [0.15, 0.2) is 0 Å². The van der Waals surface area contributed by atoms with Crippen LogP contribution in [0.5, 0.6) is 0 Å². The molecule has 0 heterocycles. The molecular formula is C9H22N4O4S. The largest absolute Gasteiger partial charge is 0.480 e. The Morgan fingerprint density at radius 1 is 1.39 bits per heavy atom. The number of carbonyl (C=O) groups is 1. The summed E-state index contributed by atoms with van der Waals surface area (Å²) in [5, 5.41) is 8.71. The zero-order valence-electron chi connectivity index (χ0n) is 11.0. The molecular weight excluding hydrogens is 260 g/mol. The number of carboxylic acids is 1. The van der Waals surface area contributed by atoms with Gasteiger partial charge in [-0.05, 0) is 27.1 Å². The lowest BCUT2D eigenvalue weighted by Crippen LogP contribution is -2.48. The Labute approximate surface area is 108 Å². The maximum atomic E-state index is 11.7. The molecule has 0 radical (unpaired) electrons. The molecule has 0 aromatic heterocycles. The SMILES string of the molecule is CNS(=O)(=O)N(CCCN(C)C)C[C@H](N)C(=O)O. The molecule has 0 spiro atoms. The number of nitrogens with two attached hydrogens (primary N) is 1. The maximum Gasteiger partial charge on any atom is 0.321 e. The molecule has 1 atom stereocenters. The van der Waals surface area contributed by atoms with E-state index in [1.807, 2.05) is 19.0 Å². The Kier molecular flexibility index (Phi) is 7.33. The van der Waals surface area contributed by atoms with Gasteiger partial charge in [-0.15, -0.1) is 0 Å². The summed E-state index contributed by atoms with van der Waals surface area (Å²) in [4.78, 5) is 12.6. The van der Waals surface area contributed by atoms with E-state index in [4.69, 9.17) is 10.8 Å². The van der Waals surface area contributed by atoms with Gasteiger partial charge < -0.3 is 15.7 Å². The van der Waals surface area contributed by atoms with Crippen molar-refractivity contribution in [3.8, 4) is 0 Å². The minimum atomic E-state index is -3.67. The summed E-state index contributed by atoms with van der Waals surface area (Å²) in [6.45, 7) is 0.687. The van der Waals surface area contributed by atoms with Gasteiger partial charge in [0.1, 0.15) is 6.04 Å². The molecule has 0 rings (SSSR count). The van der Waals surface area contributed by atoms with Crippen LogP contribution in [0.25, 0.3) is 0 Å². The number of nitrogens with one attached hydrogen (secondary N) is 1. The van der Waals surface area contributed by atoms with E-state index in [0.717, 1.165) is 4.31 Å². The normalized spacial score (nSPS) is 14.1. The summed E-state index contributed by atoms with van der Waals surface area (Å²) in [6.07, 6.45) is 0.597. The van der Waals surface area contributed by atoms with E-state index in [1.54, 1.807) is 0 Å². The molecule has 8 nitrogen and oxygen atoms in total. The van der Waals surface area contributed by atoms with Crippen LogP contribution in [-0.4, -0.2) is 75.5 Å². The Morgan fingerprint density at radius 3 is 2.33 bits per heavy atom. The minimum Gasteiger partial charge on any atom is -0.480 e. The minimum absolute atomic E-state index is 0.225. The molecule has 4 N–H and O–H groups in total.